The molecule has 21 heavy (non-hydrogen) atoms. The first kappa shape index (κ1) is 13.6. The zero-order valence-corrected chi connectivity index (χ0v) is 10.8. The van der Waals surface area contributed by atoms with Gasteiger partial charge in [0.1, 0.15) is 5.82 Å². The van der Waals surface area contributed by atoms with Gasteiger partial charge in [0.25, 0.3) is 0 Å². The van der Waals surface area contributed by atoms with Gasteiger partial charge >= 0.3 is 6.18 Å². The zero-order valence-electron chi connectivity index (χ0n) is 10.8. The molecule has 0 amide bonds. The van der Waals surface area contributed by atoms with E-state index in [4.69, 9.17) is 0 Å². The summed E-state index contributed by atoms with van der Waals surface area (Å²) >= 11 is 0. The number of alkyl halides is 3. The van der Waals surface area contributed by atoms with Gasteiger partial charge in [-0.25, -0.2) is 4.39 Å². The molecule has 0 aliphatic carbocycles. The molecule has 3 aromatic rings. The molecule has 0 saturated carbocycles. The van der Waals surface area contributed by atoms with E-state index in [1.165, 1.54) is 18.2 Å². The first-order valence-corrected chi connectivity index (χ1v) is 6.32. The van der Waals surface area contributed by atoms with E-state index in [1.54, 1.807) is 30.3 Å². The third-order valence-electron chi connectivity index (χ3n) is 3.38. The Kier molecular flexibility index (Phi) is 3.16. The Balaban J connectivity index is 2.17. The highest BCUT2D eigenvalue weighted by molar-refractivity contribution is 5.97. The molecular weight excluding hydrogens is 280 g/mol. The van der Waals surface area contributed by atoms with Gasteiger partial charge in [0.15, 0.2) is 0 Å². The van der Waals surface area contributed by atoms with E-state index >= 15 is 0 Å². The molecule has 0 heterocycles. The third-order valence-corrected chi connectivity index (χ3v) is 3.38. The molecule has 0 fully saturated rings. The number of hydrogen-bond donors (Lipinski definition) is 0. The highest BCUT2D eigenvalue weighted by atomic mass is 19.4. The molecular formula is C17H10F4. The molecule has 0 aliphatic rings. The van der Waals surface area contributed by atoms with Gasteiger partial charge in [-0.15, -0.1) is 0 Å². The van der Waals surface area contributed by atoms with E-state index in [0.29, 0.717) is 21.9 Å². The predicted molar refractivity (Wildman–Crippen MR) is 74.3 cm³/mol. The van der Waals surface area contributed by atoms with E-state index in [-0.39, 0.29) is 5.82 Å². The molecule has 0 atom stereocenters. The van der Waals surface area contributed by atoms with Crippen LogP contribution in [0.25, 0.3) is 21.9 Å². The highest BCUT2D eigenvalue weighted by Gasteiger charge is 2.30. The molecule has 0 saturated heterocycles. The maximum Gasteiger partial charge on any atom is 0.416 e. The Morgan fingerprint density at radius 2 is 1.33 bits per heavy atom. The van der Waals surface area contributed by atoms with Crippen molar-refractivity contribution in [1.29, 1.82) is 0 Å². The van der Waals surface area contributed by atoms with Gasteiger partial charge in [0.05, 0.1) is 5.56 Å². The van der Waals surface area contributed by atoms with Crippen LogP contribution in [0.15, 0.2) is 60.7 Å². The van der Waals surface area contributed by atoms with Crippen molar-refractivity contribution in [2.24, 2.45) is 0 Å². The molecule has 0 unspecified atom stereocenters. The van der Waals surface area contributed by atoms with E-state index < -0.39 is 11.7 Å². The van der Waals surface area contributed by atoms with Crippen molar-refractivity contribution in [2.45, 2.75) is 6.18 Å². The van der Waals surface area contributed by atoms with Crippen LogP contribution in [0.5, 0.6) is 0 Å². The van der Waals surface area contributed by atoms with Crippen LogP contribution >= 0.6 is 0 Å². The summed E-state index contributed by atoms with van der Waals surface area (Å²) in [7, 11) is 0. The van der Waals surface area contributed by atoms with Crippen LogP contribution in [0.1, 0.15) is 5.56 Å². The van der Waals surface area contributed by atoms with Gasteiger partial charge in [0.2, 0.25) is 0 Å². The summed E-state index contributed by atoms with van der Waals surface area (Å²) in [5.74, 6) is -0.386. The summed E-state index contributed by atoms with van der Waals surface area (Å²) in [6, 6.07) is 14.7. The van der Waals surface area contributed by atoms with Gasteiger partial charge in [-0.3, -0.25) is 0 Å². The summed E-state index contributed by atoms with van der Waals surface area (Å²) in [5, 5.41) is 1.13. The minimum absolute atomic E-state index is 0.386. The fourth-order valence-electron chi connectivity index (χ4n) is 2.37. The lowest BCUT2D eigenvalue weighted by atomic mass is 9.97. The van der Waals surface area contributed by atoms with Crippen LogP contribution in [-0.4, -0.2) is 0 Å². The number of halogens is 4. The first-order valence-electron chi connectivity index (χ1n) is 6.32. The van der Waals surface area contributed by atoms with Crippen LogP contribution in [0.2, 0.25) is 0 Å². The topological polar surface area (TPSA) is 0 Å². The van der Waals surface area contributed by atoms with Crippen molar-refractivity contribution in [3.8, 4) is 11.1 Å². The molecule has 0 N–H and O–H groups in total. The average molecular weight is 290 g/mol. The minimum Gasteiger partial charge on any atom is -0.206 e. The largest absolute Gasteiger partial charge is 0.416 e. The van der Waals surface area contributed by atoms with Crippen LogP contribution < -0.4 is 0 Å². The highest BCUT2D eigenvalue weighted by Crippen LogP contribution is 2.34. The van der Waals surface area contributed by atoms with Crippen molar-refractivity contribution in [2.75, 3.05) is 0 Å². The Morgan fingerprint density at radius 1 is 0.714 bits per heavy atom. The van der Waals surface area contributed by atoms with E-state index in [2.05, 4.69) is 0 Å². The van der Waals surface area contributed by atoms with E-state index in [9.17, 15) is 17.6 Å². The number of rotatable bonds is 1. The number of fused-ring (bicyclic) bond motifs is 1. The second-order valence-electron chi connectivity index (χ2n) is 4.72. The maximum absolute atomic E-state index is 14.0. The van der Waals surface area contributed by atoms with E-state index in [1.807, 2.05) is 0 Å². The molecule has 0 nitrogen and oxygen atoms in total. The standard InChI is InChI=1S/C17H10F4/c18-15-6-2-4-12-3-1-5-14(16(12)15)11-7-9-13(10-8-11)17(19,20)21/h1-10H. The summed E-state index contributed by atoms with van der Waals surface area (Å²) < 4.78 is 51.8. The Labute approximate surface area is 118 Å². The molecule has 0 radical (unpaired) electrons. The summed E-state index contributed by atoms with van der Waals surface area (Å²) in [6.07, 6.45) is -4.37. The smallest absolute Gasteiger partial charge is 0.206 e. The SMILES string of the molecule is Fc1cccc2cccc(-c3ccc(C(F)(F)F)cc3)c12. The van der Waals surface area contributed by atoms with Crippen LogP contribution in [-0.2, 0) is 6.18 Å². The maximum atomic E-state index is 14.0. The van der Waals surface area contributed by atoms with Crippen molar-refractivity contribution < 1.29 is 17.6 Å². The van der Waals surface area contributed by atoms with Crippen molar-refractivity contribution >= 4 is 10.8 Å². The van der Waals surface area contributed by atoms with Gasteiger partial charge in [-0.2, -0.15) is 13.2 Å². The average Bonchev–Trinajstić information content (AvgIpc) is 2.46. The summed E-state index contributed by atoms with van der Waals surface area (Å²) in [5.41, 5.74) is 0.421. The summed E-state index contributed by atoms with van der Waals surface area (Å²) in [6.45, 7) is 0. The molecule has 0 aromatic heterocycles. The molecule has 0 spiro atoms. The first-order chi connectivity index (χ1) is 9.97. The molecule has 3 aromatic carbocycles. The quantitative estimate of drug-likeness (QED) is 0.507. The molecule has 106 valence electrons. The zero-order chi connectivity index (χ0) is 15.0. The van der Waals surface area contributed by atoms with Gasteiger partial charge in [-0.1, -0.05) is 42.5 Å². The second-order valence-corrected chi connectivity index (χ2v) is 4.72. The monoisotopic (exact) mass is 290 g/mol. The second kappa shape index (κ2) is 4.88. The lowest BCUT2D eigenvalue weighted by Gasteiger charge is -2.10. The number of hydrogen-bond acceptors (Lipinski definition) is 0. The number of benzene rings is 3. The van der Waals surface area contributed by atoms with Crippen LogP contribution in [0.3, 0.4) is 0 Å². The predicted octanol–water partition coefficient (Wildman–Crippen LogP) is 5.66. The van der Waals surface area contributed by atoms with Crippen molar-refractivity contribution in [3.63, 3.8) is 0 Å². The Bertz CT molecular complexity index is 781. The van der Waals surface area contributed by atoms with E-state index in [0.717, 1.165) is 12.1 Å². The molecule has 0 bridgehead atoms. The molecule has 4 heteroatoms. The van der Waals surface area contributed by atoms with Crippen LogP contribution in [0, 0.1) is 5.82 Å². The van der Waals surface area contributed by atoms with Crippen molar-refractivity contribution in [1.82, 2.24) is 0 Å². The minimum atomic E-state index is -4.37. The van der Waals surface area contributed by atoms with Crippen molar-refractivity contribution in [3.05, 3.63) is 72.0 Å². The fourth-order valence-corrected chi connectivity index (χ4v) is 2.37. The fraction of sp³-hybridized carbons (Fsp3) is 0.0588. The van der Waals surface area contributed by atoms with Gasteiger partial charge < -0.3 is 0 Å². The Morgan fingerprint density at radius 3 is 1.95 bits per heavy atom. The van der Waals surface area contributed by atoms with Crippen LogP contribution in [0.4, 0.5) is 17.6 Å². The van der Waals surface area contributed by atoms with Gasteiger partial charge in [-0.05, 0) is 34.7 Å². The van der Waals surface area contributed by atoms with Gasteiger partial charge in [0, 0.05) is 5.39 Å². The molecule has 0 aliphatic heterocycles. The Hall–Kier alpha value is -2.36. The lowest BCUT2D eigenvalue weighted by Crippen LogP contribution is -2.04. The molecule has 3 rings (SSSR count). The normalized spacial score (nSPS) is 11.8. The lowest BCUT2D eigenvalue weighted by molar-refractivity contribution is -0.137. The third kappa shape index (κ3) is 2.49. The summed E-state index contributed by atoms with van der Waals surface area (Å²) in [4.78, 5) is 0.